The van der Waals surface area contributed by atoms with Crippen molar-refractivity contribution in [1.82, 2.24) is 0 Å². The van der Waals surface area contributed by atoms with Crippen LogP contribution in [0.4, 0.5) is 11.4 Å². The summed E-state index contributed by atoms with van der Waals surface area (Å²) in [5.74, 6) is -0.0771. The first-order chi connectivity index (χ1) is 10.5. The standard InChI is InChI=1S/C17H26N2O3/c1-3-4-5-6-7-8-9-10-17(20)18-15-12-11-14(2)16(13-15)19(21)22/h11-13H,3-10H2,1-2H3,(H,18,20). The molecule has 0 heterocycles. The van der Waals surface area contributed by atoms with Gasteiger partial charge in [-0.05, 0) is 19.4 Å². The number of rotatable bonds is 10. The smallest absolute Gasteiger partial charge is 0.274 e. The van der Waals surface area contributed by atoms with Crippen LogP contribution in [0.15, 0.2) is 18.2 Å². The molecule has 1 aromatic rings. The van der Waals surface area contributed by atoms with Gasteiger partial charge in [-0.15, -0.1) is 0 Å². The zero-order valence-electron chi connectivity index (χ0n) is 13.6. The van der Waals surface area contributed by atoms with Gasteiger partial charge in [0.1, 0.15) is 0 Å². The van der Waals surface area contributed by atoms with E-state index in [1.54, 1.807) is 19.1 Å². The molecule has 0 bridgehead atoms. The number of benzene rings is 1. The quantitative estimate of drug-likeness (QED) is 0.376. The van der Waals surface area contributed by atoms with Crippen LogP contribution >= 0.6 is 0 Å². The number of carbonyl (C=O) groups is 1. The van der Waals surface area contributed by atoms with E-state index in [2.05, 4.69) is 12.2 Å². The number of hydrogen-bond acceptors (Lipinski definition) is 3. The van der Waals surface area contributed by atoms with Gasteiger partial charge in [-0.2, -0.15) is 0 Å². The van der Waals surface area contributed by atoms with Crippen molar-refractivity contribution in [2.45, 2.75) is 65.2 Å². The lowest BCUT2D eigenvalue weighted by molar-refractivity contribution is -0.385. The van der Waals surface area contributed by atoms with Crippen molar-refractivity contribution in [3.05, 3.63) is 33.9 Å². The number of hydrogen-bond donors (Lipinski definition) is 1. The van der Waals surface area contributed by atoms with Crippen molar-refractivity contribution in [1.29, 1.82) is 0 Å². The van der Waals surface area contributed by atoms with Gasteiger partial charge < -0.3 is 5.32 Å². The van der Waals surface area contributed by atoms with Gasteiger partial charge in [0, 0.05) is 23.7 Å². The number of nitrogens with one attached hydrogen (secondary N) is 1. The van der Waals surface area contributed by atoms with E-state index in [4.69, 9.17) is 0 Å². The van der Waals surface area contributed by atoms with Crippen molar-refractivity contribution >= 4 is 17.3 Å². The Morgan fingerprint density at radius 2 is 1.77 bits per heavy atom. The van der Waals surface area contributed by atoms with Crippen LogP contribution in [0.5, 0.6) is 0 Å². The summed E-state index contributed by atoms with van der Waals surface area (Å²) in [6.07, 6.45) is 8.60. The molecule has 0 fully saturated rings. The molecule has 0 aliphatic heterocycles. The van der Waals surface area contributed by atoms with Gasteiger partial charge in [0.15, 0.2) is 0 Å². The van der Waals surface area contributed by atoms with E-state index in [0.717, 1.165) is 12.8 Å². The molecule has 122 valence electrons. The highest BCUT2D eigenvalue weighted by molar-refractivity contribution is 5.91. The summed E-state index contributed by atoms with van der Waals surface area (Å²) in [6.45, 7) is 3.88. The third kappa shape index (κ3) is 6.70. The van der Waals surface area contributed by atoms with Gasteiger partial charge in [0.2, 0.25) is 5.91 Å². The second kappa shape index (κ2) is 9.92. The van der Waals surface area contributed by atoms with Crippen LogP contribution in [-0.4, -0.2) is 10.8 Å². The van der Waals surface area contributed by atoms with Crippen LogP contribution in [0.3, 0.4) is 0 Å². The first kappa shape index (κ1) is 18.1. The molecular formula is C17H26N2O3. The summed E-state index contributed by atoms with van der Waals surface area (Å²) >= 11 is 0. The molecule has 5 nitrogen and oxygen atoms in total. The van der Waals surface area contributed by atoms with Crippen LogP contribution < -0.4 is 5.32 Å². The number of aryl methyl sites for hydroxylation is 1. The van der Waals surface area contributed by atoms with Gasteiger partial charge >= 0.3 is 0 Å². The summed E-state index contributed by atoms with van der Waals surface area (Å²) in [5.41, 5.74) is 1.12. The van der Waals surface area contributed by atoms with E-state index in [-0.39, 0.29) is 11.6 Å². The number of carbonyl (C=O) groups excluding carboxylic acids is 1. The summed E-state index contributed by atoms with van der Waals surface area (Å²) in [5, 5.41) is 13.6. The Morgan fingerprint density at radius 1 is 1.14 bits per heavy atom. The van der Waals surface area contributed by atoms with E-state index in [1.165, 1.54) is 38.2 Å². The normalized spacial score (nSPS) is 10.5. The Labute approximate surface area is 132 Å². The molecule has 1 N–H and O–H groups in total. The van der Waals surface area contributed by atoms with Crippen LogP contribution in [0, 0.1) is 17.0 Å². The molecule has 1 rings (SSSR count). The lowest BCUT2D eigenvalue weighted by Gasteiger charge is -2.06. The molecule has 1 aromatic carbocycles. The Balaban J connectivity index is 2.30. The van der Waals surface area contributed by atoms with Gasteiger partial charge in [0.25, 0.3) is 5.69 Å². The summed E-state index contributed by atoms with van der Waals surface area (Å²) < 4.78 is 0. The highest BCUT2D eigenvalue weighted by atomic mass is 16.6. The fourth-order valence-electron chi connectivity index (χ4n) is 2.35. The monoisotopic (exact) mass is 306 g/mol. The van der Waals surface area contributed by atoms with Crippen molar-refractivity contribution in [3.8, 4) is 0 Å². The molecular weight excluding hydrogens is 280 g/mol. The van der Waals surface area contributed by atoms with Crippen LogP contribution in [-0.2, 0) is 4.79 Å². The second-order valence-corrected chi connectivity index (χ2v) is 5.68. The number of anilines is 1. The zero-order chi connectivity index (χ0) is 16.4. The highest BCUT2D eigenvalue weighted by Crippen LogP contribution is 2.22. The Morgan fingerprint density at radius 3 is 2.41 bits per heavy atom. The third-order valence-electron chi connectivity index (χ3n) is 3.70. The molecule has 22 heavy (non-hydrogen) atoms. The Hall–Kier alpha value is -1.91. The van der Waals surface area contributed by atoms with E-state index in [0.29, 0.717) is 17.7 Å². The SMILES string of the molecule is CCCCCCCCCC(=O)Nc1ccc(C)c([N+](=O)[O-])c1. The summed E-state index contributed by atoms with van der Waals surface area (Å²) in [7, 11) is 0. The van der Waals surface area contributed by atoms with Gasteiger partial charge in [0.05, 0.1) is 4.92 Å². The van der Waals surface area contributed by atoms with Gasteiger partial charge in [-0.25, -0.2) is 0 Å². The fraction of sp³-hybridized carbons (Fsp3) is 0.588. The fourth-order valence-corrected chi connectivity index (χ4v) is 2.35. The topological polar surface area (TPSA) is 72.2 Å². The lowest BCUT2D eigenvalue weighted by atomic mass is 10.1. The average molecular weight is 306 g/mol. The average Bonchev–Trinajstić information content (AvgIpc) is 2.48. The minimum absolute atomic E-state index is 0.0359. The largest absolute Gasteiger partial charge is 0.326 e. The minimum Gasteiger partial charge on any atom is -0.326 e. The molecule has 0 saturated heterocycles. The number of nitrogens with zero attached hydrogens (tertiary/aromatic N) is 1. The van der Waals surface area contributed by atoms with Crippen molar-refractivity contribution in [2.24, 2.45) is 0 Å². The first-order valence-electron chi connectivity index (χ1n) is 8.09. The predicted octanol–water partition coefficient (Wildman–Crippen LogP) is 4.98. The number of nitro benzene ring substituents is 1. The van der Waals surface area contributed by atoms with Gasteiger partial charge in [-0.1, -0.05) is 51.5 Å². The third-order valence-corrected chi connectivity index (χ3v) is 3.70. The molecule has 0 aromatic heterocycles. The maximum Gasteiger partial charge on any atom is 0.274 e. The Kier molecular flexibility index (Phi) is 8.18. The summed E-state index contributed by atoms with van der Waals surface area (Å²) in [4.78, 5) is 22.3. The molecule has 0 radical (unpaired) electrons. The number of amides is 1. The molecule has 1 amide bonds. The molecule has 0 aliphatic carbocycles. The molecule has 0 saturated carbocycles. The van der Waals surface area contributed by atoms with E-state index in [1.807, 2.05) is 0 Å². The lowest BCUT2D eigenvalue weighted by Crippen LogP contribution is -2.11. The number of nitro groups is 1. The molecule has 0 aliphatic rings. The van der Waals surface area contributed by atoms with Crippen molar-refractivity contribution < 1.29 is 9.72 Å². The highest BCUT2D eigenvalue weighted by Gasteiger charge is 2.12. The summed E-state index contributed by atoms with van der Waals surface area (Å²) in [6, 6.07) is 4.77. The Bertz CT molecular complexity index is 501. The van der Waals surface area contributed by atoms with E-state index < -0.39 is 4.92 Å². The number of unbranched alkanes of at least 4 members (excludes halogenated alkanes) is 6. The first-order valence-corrected chi connectivity index (χ1v) is 8.09. The van der Waals surface area contributed by atoms with E-state index in [9.17, 15) is 14.9 Å². The molecule has 5 heteroatoms. The maximum atomic E-state index is 11.8. The van der Waals surface area contributed by atoms with Crippen LogP contribution in [0.1, 0.15) is 63.9 Å². The molecule has 0 spiro atoms. The zero-order valence-corrected chi connectivity index (χ0v) is 13.6. The molecule has 0 atom stereocenters. The maximum absolute atomic E-state index is 11.8. The molecule has 0 unspecified atom stereocenters. The minimum atomic E-state index is -0.429. The predicted molar refractivity (Wildman–Crippen MR) is 89.1 cm³/mol. The van der Waals surface area contributed by atoms with E-state index >= 15 is 0 Å². The second-order valence-electron chi connectivity index (χ2n) is 5.68. The van der Waals surface area contributed by atoms with Gasteiger partial charge in [-0.3, -0.25) is 14.9 Å². The van der Waals surface area contributed by atoms with Crippen molar-refractivity contribution in [3.63, 3.8) is 0 Å². The van der Waals surface area contributed by atoms with Crippen molar-refractivity contribution in [2.75, 3.05) is 5.32 Å². The van der Waals surface area contributed by atoms with Crippen LogP contribution in [0.2, 0.25) is 0 Å². The van der Waals surface area contributed by atoms with Crippen LogP contribution in [0.25, 0.3) is 0 Å².